The van der Waals surface area contributed by atoms with E-state index in [0.29, 0.717) is 5.75 Å². The van der Waals surface area contributed by atoms with Gasteiger partial charge in [0.25, 0.3) is 0 Å². The van der Waals surface area contributed by atoms with Crippen LogP contribution in [0.3, 0.4) is 0 Å². The molecule has 0 spiro atoms. The van der Waals surface area contributed by atoms with Gasteiger partial charge in [0.05, 0.1) is 18.8 Å². The van der Waals surface area contributed by atoms with E-state index in [9.17, 15) is 18.3 Å². The molecule has 2 rings (SSSR count). The number of halogens is 3. The van der Waals surface area contributed by atoms with E-state index in [1.54, 1.807) is 0 Å². The van der Waals surface area contributed by atoms with Crippen molar-refractivity contribution in [2.75, 3.05) is 13.2 Å². The molecule has 0 fully saturated rings. The molecule has 0 aliphatic carbocycles. The normalized spacial score (nSPS) is 13.0. The minimum Gasteiger partial charge on any atom is -0.493 e. The molecule has 1 unspecified atom stereocenters. The number of aryl methyl sites for hydroxylation is 1. The maximum absolute atomic E-state index is 12.5. The zero-order chi connectivity index (χ0) is 16.2. The Balaban J connectivity index is 2.02. The summed E-state index contributed by atoms with van der Waals surface area (Å²) in [5.74, 6) is 0.126. The standard InChI is InChI=1S/C17H17F3O2/c1-12-3-2-4-13(9-12)14(10-21)11-22-16-7-5-15(6-8-16)17(18,19)20/h2-9,14,21H,10-11H2,1H3. The number of rotatable bonds is 5. The molecule has 0 heterocycles. The SMILES string of the molecule is Cc1cccc(C(CO)COc2ccc(C(F)(F)F)cc2)c1. The quantitative estimate of drug-likeness (QED) is 0.898. The molecule has 1 atom stereocenters. The fraction of sp³-hybridized carbons (Fsp3) is 0.294. The summed E-state index contributed by atoms with van der Waals surface area (Å²) in [6.45, 7) is 2.06. The molecule has 0 aliphatic rings. The van der Waals surface area contributed by atoms with Crippen LogP contribution in [0.4, 0.5) is 13.2 Å². The average molecular weight is 310 g/mol. The van der Waals surface area contributed by atoms with E-state index in [4.69, 9.17) is 4.74 Å². The zero-order valence-electron chi connectivity index (χ0n) is 12.1. The van der Waals surface area contributed by atoms with Crippen molar-refractivity contribution in [3.8, 4) is 5.75 Å². The maximum atomic E-state index is 12.5. The van der Waals surface area contributed by atoms with E-state index in [1.807, 2.05) is 31.2 Å². The molecule has 0 saturated carbocycles. The van der Waals surface area contributed by atoms with Crippen molar-refractivity contribution in [2.24, 2.45) is 0 Å². The van der Waals surface area contributed by atoms with Crippen LogP contribution >= 0.6 is 0 Å². The Kier molecular flexibility index (Phi) is 5.08. The lowest BCUT2D eigenvalue weighted by Crippen LogP contribution is -2.14. The lowest BCUT2D eigenvalue weighted by atomic mass is 9.99. The van der Waals surface area contributed by atoms with Gasteiger partial charge in [-0.15, -0.1) is 0 Å². The van der Waals surface area contributed by atoms with E-state index < -0.39 is 11.7 Å². The van der Waals surface area contributed by atoms with Gasteiger partial charge < -0.3 is 9.84 Å². The number of alkyl halides is 3. The molecule has 5 heteroatoms. The van der Waals surface area contributed by atoms with Gasteiger partial charge in [-0.3, -0.25) is 0 Å². The van der Waals surface area contributed by atoms with E-state index in [0.717, 1.165) is 23.3 Å². The monoisotopic (exact) mass is 310 g/mol. The Bertz CT molecular complexity index is 606. The van der Waals surface area contributed by atoms with Crippen LogP contribution in [-0.2, 0) is 6.18 Å². The van der Waals surface area contributed by atoms with Crippen LogP contribution in [0, 0.1) is 6.92 Å². The number of hydrogen-bond donors (Lipinski definition) is 1. The highest BCUT2D eigenvalue weighted by Gasteiger charge is 2.30. The first kappa shape index (κ1) is 16.4. The predicted octanol–water partition coefficient (Wildman–Crippen LogP) is 4.17. The number of ether oxygens (including phenoxy) is 1. The highest BCUT2D eigenvalue weighted by Crippen LogP contribution is 2.30. The second-order valence-corrected chi connectivity index (χ2v) is 5.13. The third-order valence-corrected chi connectivity index (χ3v) is 3.37. The fourth-order valence-electron chi connectivity index (χ4n) is 2.12. The van der Waals surface area contributed by atoms with Gasteiger partial charge in [-0.05, 0) is 36.8 Å². The van der Waals surface area contributed by atoms with Crippen molar-refractivity contribution in [2.45, 2.75) is 19.0 Å². The van der Waals surface area contributed by atoms with E-state index in [2.05, 4.69) is 0 Å². The van der Waals surface area contributed by atoms with Crippen LogP contribution in [-0.4, -0.2) is 18.3 Å². The van der Waals surface area contributed by atoms with Crippen LogP contribution in [0.15, 0.2) is 48.5 Å². The van der Waals surface area contributed by atoms with Crippen molar-refractivity contribution in [1.29, 1.82) is 0 Å². The third kappa shape index (κ3) is 4.24. The number of aliphatic hydroxyl groups is 1. The summed E-state index contributed by atoms with van der Waals surface area (Å²) in [6, 6.07) is 12.2. The van der Waals surface area contributed by atoms with Gasteiger partial charge in [0.15, 0.2) is 0 Å². The summed E-state index contributed by atoms with van der Waals surface area (Å²) >= 11 is 0. The summed E-state index contributed by atoms with van der Waals surface area (Å²) in [7, 11) is 0. The maximum Gasteiger partial charge on any atom is 0.416 e. The molecular formula is C17H17F3O2. The zero-order valence-corrected chi connectivity index (χ0v) is 12.1. The van der Waals surface area contributed by atoms with Crippen molar-refractivity contribution >= 4 is 0 Å². The second kappa shape index (κ2) is 6.83. The van der Waals surface area contributed by atoms with Gasteiger partial charge in [-0.1, -0.05) is 29.8 Å². The molecule has 0 aliphatic heterocycles. The van der Waals surface area contributed by atoms with Gasteiger partial charge in [-0.2, -0.15) is 13.2 Å². The smallest absolute Gasteiger partial charge is 0.416 e. The van der Waals surface area contributed by atoms with E-state index in [-0.39, 0.29) is 19.1 Å². The van der Waals surface area contributed by atoms with Crippen LogP contribution < -0.4 is 4.74 Å². The van der Waals surface area contributed by atoms with E-state index in [1.165, 1.54) is 12.1 Å². The first-order valence-electron chi connectivity index (χ1n) is 6.87. The molecule has 0 aromatic heterocycles. The summed E-state index contributed by atoms with van der Waals surface area (Å²) in [6.07, 6.45) is -4.35. The third-order valence-electron chi connectivity index (χ3n) is 3.37. The predicted molar refractivity (Wildman–Crippen MR) is 77.9 cm³/mol. The summed E-state index contributed by atoms with van der Waals surface area (Å²) in [5.41, 5.74) is 1.30. The van der Waals surface area contributed by atoms with Gasteiger partial charge in [0.2, 0.25) is 0 Å². The highest BCUT2D eigenvalue weighted by molar-refractivity contribution is 5.30. The topological polar surface area (TPSA) is 29.5 Å². The molecule has 0 radical (unpaired) electrons. The number of hydrogen-bond acceptors (Lipinski definition) is 2. The lowest BCUT2D eigenvalue weighted by Gasteiger charge is -2.16. The molecule has 2 aromatic rings. The van der Waals surface area contributed by atoms with Gasteiger partial charge in [0, 0.05) is 5.92 Å². The molecule has 0 bridgehead atoms. The minimum absolute atomic E-state index is 0.0932. The molecule has 1 N–H and O–H groups in total. The van der Waals surface area contributed by atoms with Crippen molar-refractivity contribution in [3.63, 3.8) is 0 Å². The second-order valence-electron chi connectivity index (χ2n) is 5.13. The number of aliphatic hydroxyl groups excluding tert-OH is 1. The summed E-state index contributed by atoms with van der Waals surface area (Å²) in [5, 5.41) is 9.47. The molecule has 22 heavy (non-hydrogen) atoms. The van der Waals surface area contributed by atoms with Crippen LogP contribution in [0.5, 0.6) is 5.75 Å². The molecule has 2 aromatic carbocycles. The van der Waals surface area contributed by atoms with Crippen LogP contribution in [0.1, 0.15) is 22.6 Å². The Morgan fingerprint density at radius 1 is 1.09 bits per heavy atom. The van der Waals surface area contributed by atoms with Crippen LogP contribution in [0.25, 0.3) is 0 Å². The minimum atomic E-state index is -4.35. The Labute approximate surface area is 127 Å². The van der Waals surface area contributed by atoms with Gasteiger partial charge >= 0.3 is 6.18 Å². The Morgan fingerprint density at radius 2 is 1.77 bits per heavy atom. The Morgan fingerprint density at radius 3 is 2.32 bits per heavy atom. The molecule has 2 nitrogen and oxygen atoms in total. The van der Waals surface area contributed by atoms with E-state index >= 15 is 0 Å². The summed E-state index contributed by atoms with van der Waals surface area (Å²) < 4.78 is 42.9. The first-order chi connectivity index (χ1) is 10.4. The first-order valence-corrected chi connectivity index (χ1v) is 6.87. The molecule has 0 saturated heterocycles. The number of benzene rings is 2. The van der Waals surface area contributed by atoms with Crippen molar-refractivity contribution in [3.05, 3.63) is 65.2 Å². The largest absolute Gasteiger partial charge is 0.493 e. The summed E-state index contributed by atoms with van der Waals surface area (Å²) in [4.78, 5) is 0. The lowest BCUT2D eigenvalue weighted by molar-refractivity contribution is -0.137. The Hall–Kier alpha value is -2.01. The van der Waals surface area contributed by atoms with Crippen LogP contribution in [0.2, 0.25) is 0 Å². The molecular weight excluding hydrogens is 293 g/mol. The van der Waals surface area contributed by atoms with Crippen molar-refractivity contribution < 1.29 is 23.0 Å². The van der Waals surface area contributed by atoms with Gasteiger partial charge in [-0.25, -0.2) is 0 Å². The average Bonchev–Trinajstić information content (AvgIpc) is 2.47. The van der Waals surface area contributed by atoms with Crippen molar-refractivity contribution in [1.82, 2.24) is 0 Å². The molecule has 118 valence electrons. The fourth-order valence-corrected chi connectivity index (χ4v) is 2.12. The molecule has 0 amide bonds. The van der Waals surface area contributed by atoms with Gasteiger partial charge in [0.1, 0.15) is 5.75 Å². The highest BCUT2D eigenvalue weighted by atomic mass is 19.4.